The van der Waals surface area contributed by atoms with Crippen LogP contribution in [-0.2, 0) is 14.1 Å². The summed E-state index contributed by atoms with van der Waals surface area (Å²) in [5.41, 5.74) is 9.05. The first-order valence-corrected chi connectivity index (χ1v) is 6.40. The van der Waals surface area contributed by atoms with Crippen molar-refractivity contribution in [1.82, 2.24) is 14.3 Å². The van der Waals surface area contributed by atoms with E-state index in [1.54, 1.807) is 4.68 Å². The molecule has 2 heterocycles. The summed E-state index contributed by atoms with van der Waals surface area (Å²) in [6.07, 6.45) is 0. The molecule has 2 aromatic heterocycles. The van der Waals surface area contributed by atoms with Gasteiger partial charge < -0.3 is 10.3 Å². The normalized spacial score (nSPS) is 11.3. The first-order chi connectivity index (χ1) is 8.56. The Morgan fingerprint density at radius 1 is 1.11 bits per heavy atom. The van der Waals surface area contributed by atoms with Gasteiger partial charge in [-0.2, -0.15) is 5.10 Å². The van der Waals surface area contributed by atoms with Gasteiger partial charge in [-0.25, -0.2) is 0 Å². The van der Waals surface area contributed by atoms with Crippen LogP contribution < -0.4 is 5.73 Å². The Bertz CT molecular complexity index is 739. The third-order valence-corrected chi connectivity index (χ3v) is 3.66. The molecule has 0 radical (unpaired) electrons. The molecule has 0 amide bonds. The number of nitrogens with two attached hydrogens (primary N) is 1. The lowest BCUT2D eigenvalue weighted by Gasteiger charge is -2.04. The zero-order chi connectivity index (χ0) is 12.9. The van der Waals surface area contributed by atoms with Crippen LogP contribution in [0.2, 0.25) is 0 Å². The number of aryl methyl sites for hydroxylation is 2. The molecule has 3 aromatic rings. The van der Waals surface area contributed by atoms with Gasteiger partial charge in [0.15, 0.2) is 0 Å². The molecule has 0 spiro atoms. The summed E-state index contributed by atoms with van der Waals surface area (Å²) < 4.78 is 5.04. The zero-order valence-corrected chi connectivity index (χ0v) is 11.8. The fourth-order valence-electron chi connectivity index (χ4n) is 2.30. The zero-order valence-electron chi connectivity index (χ0n) is 10.2. The molecule has 0 saturated heterocycles. The van der Waals surface area contributed by atoms with E-state index in [-0.39, 0.29) is 0 Å². The van der Waals surface area contributed by atoms with Crippen molar-refractivity contribution in [2.75, 3.05) is 5.73 Å². The Hall–Kier alpha value is -1.75. The monoisotopic (exact) mass is 304 g/mol. The Labute approximate surface area is 113 Å². The Morgan fingerprint density at radius 3 is 2.56 bits per heavy atom. The quantitative estimate of drug-likeness (QED) is 0.751. The van der Waals surface area contributed by atoms with Gasteiger partial charge in [-0.3, -0.25) is 4.68 Å². The highest BCUT2D eigenvalue weighted by Crippen LogP contribution is 2.29. The number of halogens is 1. The number of rotatable bonds is 1. The SMILES string of the molecule is Cn1nc(N)cc1-c1cc2cc(Br)ccc2n1C. The number of benzene rings is 1. The molecule has 1 aromatic carbocycles. The predicted molar refractivity (Wildman–Crippen MR) is 77.2 cm³/mol. The van der Waals surface area contributed by atoms with Gasteiger partial charge in [-0.15, -0.1) is 0 Å². The molecule has 0 aliphatic rings. The first kappa shape index (κ1) is 11.3. The van der Waals surface area contributed by atoms with E-state index in [0.29, 0.717) is 5.82 Å². The van der Waals surface area contributed by atoms with Crippen LogP contribution in [0.5, 0.6) is 0 Å². The highest BCUT2D eigenvalue weighted by Gasteiger charge is 2.12. The smallest absolute Gasteiger partial charge is 0.146 e. The lowest BCUT2D eigenvalue weighted by molar-refractivity contribution is 0.772. The number of fused-ring (bicyclic) bond motifs is 1. The number of anilines is 1. The van der Waals surface area contributed by atoms with Gasteiger partial charge in [-0.05, 0) is 24.3 Å². The van der Waals surface area contributed by atoms with Gasteiger partial charge in [0.05, 0.1) is 11.4 Å². The maximum atomic E-state index is 5.74. The number of nitrogen functional groups attached to an aromatic ring is 1. The van der Waals surface area contributed by atoms with E-state index in [1.165, 1.54) is 10.9 Å². The van der Waals surface area contributed by atoms with Crippen molar-refractivity contribution >= 4 is 32.7 Å². The molecule has 0 aliphatic carbocycles. The Kier molecular flexibility index (Phi) is 2.45. The molecule has 0 saturated carbocycles. The van der Waals surface area contributed by atoms with E-state index < -0.39 is 0 Å². The van der Waals surface area contributed by atoms with Crippen molar-refractivity contribution in [3.05, 3.63) is 34.8 Å². The standard InChI is InChI=1S/C13H13BrN4/c1-17-10-4-3-9(14)5-8(10)6-11(17)12-7-13(15)16-18(12)2/h3-7H,1-2H3,(H2,15,16). The molecular formula is C13H13BrN4. The molecule has 3 rings (SSSR count). The minimum Gasteiger partial charge on any atom is -0.382 e. The largest absolute Gasteiger partial charge is 0.382 e. The van der Waals surface area contributed by atoms with Gasteiger partial charge in [0, 0.05) is 35.5 Å². The van der Waals surface area contributed by atoms with E-state index >= 15 is 0 Å². The van der Waals surface area contributed by atoms with Crippen LogP contribution in [0.15, 0.2) is 34.8 Å². The van der Waals surface area contributed by atoms with Crippen LogP contribution in [-0.4, -0.2) is 14.3 Å². The highest BCUT2D eigenvalue weighted by molar-refractivity contribution is 9.10. The van der Waals surface area contributed by atoms with Crippen molar-refractivity contribution < 1.29 is 0 Å². The van der Waals surface area contributed by atoms with Gasteiger partial charge in [0.25, 0.3) is 0 Å². The topological polar surface area (TPSA) is 48.8 Å². The summed E-state index contributed by atoms with van der Waals surface area (Å²) in [6, 6.07) is 10.3. The molecule has 0 aliphatic heterocycles. The van der Waals surface area contributed by atoms with E-state index in [9.17, 15) is 0 Å². The third-order valence-electron chi connectivity index (χ3n) is 3.17. The van der Waals surface area contributed by atoms with Gasteiger partial charge in [0.2, 0.25) is 0 Å². The van der Waals surface area contributed by atoms with Gasteiger partial charge >= 0.3 is 0 Å². The molecule has 0 unspecified atom stereocenters. The number of hydrogen-bond acceptors (Lipinski definition) is 2. The summed E-state index contributed by atoms with van der Waals surface area (Å²) in [5, 5.41) is 5.38. The molecule has 5 heteroatoms. The fourth-order valence-corrected chi connectivity index (χ4v) is 2.67. The van der Waals surface area contributed by atoms with Crippen LogP contribution in [0, 0.1) is 0 Å². The molecule has 18 heavy (non-hydrogen) atoms. The third kappa shape index (κ3) is 1.62. The van der Waals surface area contributed by atoms with Crippen LogP contribution in [0.4, 0.5) is 5.82 Å². The Morgan fingerprint density at radius 2 is 1.89 bits per heavy atom. The van der Waals surface area contributed by atoms with Gasteiger partial charge in [-0.1, -0.05) is 15.9 Å². The summed E-state index contributed by atoms with van der Waals surface area (Å²) in [4.78, 5) is 0. The lowest BCUT2D eigenvalue weighted by Crippen LogP contribution is -1.98. The van der Waals surface area contributed by atoms with E-state index in [1.807, 2.05) is 19.2 Å². The van der Waals surface area contributed by atoms with Crippen LogP contribution in [0.1, 0.15) is 0 Å². The van der Waals surface area contributed by atoms with Crippen molar-refractivity contribution in [3.8, 4) is 11.4 Å². The predicted octanol–water partition coefficient (Wildman–Crippen LogP) is 2.92. The summed E-state index contributed by atoms with van der Waals surface area (Å²) in [6.45, 7) is 0. The average molecular weight is 305 g/mol. The molecular weight excluding hydrogens is 292 g/mol. The lowest BCUT2D eigenvalue weighted by atomic mass is 10.2. The summed E-state index contributed by atoms with van der Waals surface area (Å²) in [7, 11) is 3.95. The second-order valence-electron chi connectivity index (χ2n) is 4.37. The molecule has 0 fully saturated rings. The van der Waals surface area contributed by atoms with Crippen molar-refractivity contribution in [2.24, 2.45) is 14.1 Å². The molecule has 0 atom stereocenters. The Balaban J connectivity index is 2.30. The average Bonchev–Trinajstić information content (AvgIpc) is 2.79. The van der Waals surface area contributed by atoms with Crippen molar-refractivity contribution in [3.63, 3.8) is 0 Å². The van der Waals surface area contributed by atoms with Gasteiger partial charge in [0.1, 0.15) is 5.82 Å². The first-order valence-electron chi connectivity index (χ1n) is 5.61. The highest BCUT2D eigenvalue weighted by atomic mass is 79.9. The molecule has 92 valence electrons. The van der Waals surface area contributed by atoms with Crippen molar-refractivity contribution in [1.29, 1.82) is 0 Å². The van der Waals surface area contributed by atoms with Crippen LogP contribution in [0.25, 0.3) is 22.3 Å². The molecule has 0 bridgehead atoms. The van der Waals surface area contributed by atoms with Crippen LogP contribution in [0.3, 0.4) is 0 Å². The maximum absolute atomic E-state index is 5.74. The van der Waals surface area contributed by atoms with E-state index in [2.05, 4.69) is 50.8 Å². The molecule has 2 N–H and O–H groups in total. The second-order valence-corrected chi connectivity index (χ2v) is 5.29. The number of nitrogens with zero attached hydrogens (tertiary/aromatic N) is 3. The van der Waals surface area contributed by atoms with E-state index in [0.717, 1.165) is 15.9 Å². The van der Waals surface area contributed by atoms with Crippen molar-refractivity contribution in [2.45, 2.75) is 0 Å². The number of aromatic nitrogens is 3. The minimum atomic E-state index is 0.541. The number of hydrogen-bond donors (Lipinski definition) is 1. The van der Waals surface area contributed by atoms with Crippen LogP contribution >= 0.6 is 15.9 Å². The fraction of sp³-hybridized carbons (Fsp3) is 0.154. The second kappa shape index (κ2) is 3.88. The molecule has 4 nitrogen and oxygen atoms in total. The maximum Gasteiger partial charge on any atom is 0.146 e. The van der Waals surface area contributed by atoms with E-state index in [4.69, 9.17) is 5.73 Å². The summed E-state index contributed by atoms with van der Waals surface area (Å²) >= 11 is 3.49. The summed E-state index contributed by atoms with van der Waals surface area (Å²) in [5.74, 6) is 0.541. The minimum absolute atomic E-state index is 0.541.